The molecule has 0 aliphatic rings. The zero-order valence-electron chi connectivity index (χ0n) is 12.1. The molecule has 96 valence electrons. The molecule has 0 aliphatic carbocycles. The highest BCUT2D eigenvalue weighted by molar-refractivity contribution is 5.38. The molecule has 0 aromatic heterocycles. The van der Waals surface area contributed by atoms with E-state index in [2.05, 4.69) is 46.8 Å². The highest BCUT2D eigenvalue weighted by Gasteiger charge is 2.23. The van der Waals surface area contributed by atoms with Crippen molar-refractivity contribution < 1.29 is 5.11 Å². The van der Waals surface area contributed by atoms with Crippen LogP contribution in [-0.2, 0) is 6.42 Å². The molecular weight excluding hydrogens is 208 g/mol. The molecule has 1 nitrogen and oxygen atoms in total. The van der Waals surface area contributed by atoms with Crippen LogP contribution in [0.1, 0.15) is 49.4 Å². The minimum absolute atomic E-state index is 0.524. The lowest BCUT2D eigenvalue weighted by molar-refractivity contribution is 0.0385. The Bertz CT molecular complexity index is 366. The van der Waals surface area contributed by atoms with Gasteiger partial charge < -0.3 is 5.11 Å². The first-order valence-corrected chi connectivity index (χ1v) is 6.50. The van der Waals surface area contributed by atoms with Crippen molar-refractivity contribution in [3.8, 4) is 0 Å². The van der Waals surface area contributed by atoms with Gasteiger partial charge in [-0.1, -0.05) is 31.5 Å². The maximum Gasteiger partial charge on any atom is 0.0662 e. The number of aliphatic hydroxyl groups is 1. The topological polar surface area (TPSA) is 20.2 Å². The first kappa shape index (κ1) is 14.2. The van der Waals surface area contributed by atoms with Gasteiger partial charge >= 0.3 is 0 Å². The van der Waals surface area contributed by atoms with Crippen LogP contribution in [0.4, 0.5) is 0 Å². The SMILES string of the molecule is Cc1cc(C)c(CC(C)(O)CC(C)C)c(C)c1. The number of aryl methyl sites for hydroxylation is 3. The molecule has 0 heterocycles. The number of hydrogen-bond donors (Lipinski definition) is 1. The van der Waals surface area contributed by atoms with Gasteiger partial charge in [0.25, 0.3) is 0 Å². The Hall–Kier alpha value is -0.820. The van der Waals surface area contributed by atoms with Crippen LogP contribution in [0.2, 0.25) is 0 Å². The normalized spacial score (nSPS) is 15.1. The van der Waals surface area contributed by atoms with Gasteiger partial charge in [0, 0.05) is 6.42 Å². The van der Waals surface area contributed by atoms with Gasteiger partial charge in [0.1, 0.15) is 0 Å². The van der Waals surface area contributed by atoms with Gasteiger partial charge in [-0.05, 0) is 56.7 Å². The minimum atomic E-state index is -0.598. The molecule has 17 heavy (non-hydrogen) atoms. The monoisotopic (exact) mass is 234 g/mol. The van der Waals surface area contributed by atoms with E-state index in [0.717, 1.165) is 12.8 Å². The molecule has 0 spiro atoms. The Labute approximate surface area is 106 Å². The second-order valence-corrected chi connectivity index (χ2v) is 6.15. The third-order valence-electron chi connectivity index (χ3n) is 3.25. The molecule has 0 radical (unpaired) electrons. The summed E-state index contributed by atoms with van der Waals surface area (Å²) in [6, 6.07) is 4.40. The Morgan fingerprint density at radius 1 is 1.12 bits per heavy atom. The van der Waals surface area contributed by atoms with Gasteiger partial charge in [0.15, 0.2) is 0 Å². The van der Waals surface area contributed by atoms with E-state index in [0.29, 0.717) is 5.92 Å². The molecule has 0 saturated carbocycles. The van der Waals surface area contributed by atoms with E-state index in [1.807, 2.05) is 6.92 Å². The second-order valence-electron chi connectivity index (χ2n) is 6.15. The van der Waals surface area contributed by atoms with Crippen LogP contribution < -0.4 is 0 Å². The zero-order chi connectivity index (χ0) is 13.2. The van der Waals surface area contributed by atoms with Crippen molar-refractivity contribution in [3.05, 3.63) is 34.4 Å². The van der Waals surface area contributed by atoms with Crippen LogP contribution in [-0.4, -0.2) is 10.7 Å². The third kappa shape index (κ3) is 4.16. The lowest BCUT2D eigenvalue weighted by atomic mass is 9.85. The van der Waals surface area contributed by atoms with Gasteiger partial charge in [-0.15, -0.1) is 0 Å². The summed E-state index contributed by atoms with van der Waals surface area (Å²) >= 11 is 0. The Kier molecular flexibility index (Phi) is 4.37. The summed E-state index contributed by atoms with van der Waals surface area (Å²) < 4.78 is 0. The molecule has 1 heteroatoms. The van der Waals surface area contributed by atoms with Gasteiger partial charge in [0.2, 0.25) is 0 Å². The van der Waals surface area contributed by atoms with Gasteiger partial charge in [-0.3, -0.25) is 0 Å². The average Bonchev–Trinajstić information content (AvgIpc) is 2.09. The van der Waals surface area contributed by atoms with Crippen LogP contribution in [0, 0.1) is 26.7 Å². The Morgan fingerprint density at radius 3 is 2.00 bits per heavy atom. The predicted octanol–water partition coefficient (Wildman–Crippen LogP) is 3.95. The first-order valence-electron chi connectivity index (χ1n) is 6.50. The van der Waals surface area contributed by atoms with Crippen molar-refractivity contribution in [2.75, 3.05) is 0 Å². The van der Waals surface area contributed by atoms with Gasteiger partial charge in [-0.2, -0.15) is 0 Å². The van der Waals surface area contributed by atoms with Crippen LogP contribution in [0.3, 0.4) is 0 Å². The average molecular weight is 234 g/mol. The maximum atomic E-state index is 10.5. The molecule has 1 aromatic carbocycles. The molecule has 0 fully saturated rings. The number of benzene rings is 1. The van der Waals surface area contributed by atoms with E-state index >= 15 is 0 Å². The fraction of sp³-hybridized carbons (Fsp3) is 0.625. The molecule has 1 unspecified atom stereocenters. The van der Waals surface area contributed by atoms with Crippen molar-refractivity contribution >= 4 is 0 Å². The summed E-state index contributed by atoms with van der Waals surface area (Å²) in [7, 11) is 0. The van der Waals surface area contributed by atoms with E-state index in [1.165, 1.54) is 22.3 Å². The summed E-state index contributed by atoms with van der Waals surface area (Å²) in [5.41, 5.74) is 4.60. The highest BCUT2D eigenvalue weighted by Crippen LogP contribution is 2.26. The quantitative estimate of drug-likeness (QED) is 0.836. The summed E-state index contributed by atoms with van der Waals surface area (Å²) in [6.45, 7) is 12.7. The summed E-state index contributed by atoms with van der Waals surface area (Å²) in [6.07, 6.45) is 1.60. The second kappa shape index (κ2) is 5.22. The van der Waals surface area contributed by atoms with Crippen molar-refractivity contribution in [3.63, 3.8) is 0 Å². The lowest BCUT2D eigenvalue weighted by Gasteiger charge is -2.27. The first-order chi connectivity index (χ1) is 7.71. The molecule has 1 rings (SSSR count). The van der Waals surface area contributed by atoms with Crippen LogP contribution in [0.5, 0.6) is 0 Å². The summed E-state index contributed by atoms with van der Waals surface area (Å²) in [5.74, 6) is 0.524. The minimum Gasteiger partial charge on any atom is -0.390 e. The summed E-state index contributed by atoms with van der Waals surface area (Å²) in [4.78, 5) is 0. The standard InChI is InChI=1S/C16H26O/c1-11(2)9-16(6,17)10-15-13(4)7-12(3)8-14(15)5/h7-8,11,17H,9-10H2,1-6H3. The van der Waals surface area contributed by atoms with E-state index in [-0.39, 0.29) is 0 Å². The molecule has 1 aromatic rings. The predicted molar refractivity (Wildman–Crippen MR) is 74.4 cm³/mol. The van der Waals surface area contributed by atoms with Crippen molar-refractivity contribution in [2.45, 2.75) is 60.0 Å². The smallest absolute Gasteiger partial charge is 0.0662 e. The Morgan fingerprint density at radius 2 is 1.59 bits per heavy atom. The van der Waals surface area contributed by atoms with E-state index in [1.54, 1.807) is 0 Å². The maximum absolute atomic E-state index is 10.5. The Balaban J connectivity index is 2.95. The number of hydrogen-bond acceptors (Lipinski definition) is 1. The van der Waals surface area contributed by atoms with Crippen molar-refractivity contribution in [1.82, 2.24) is 0 Å². The van der Waals surface area contributed by atoms with Crippen LogP contribution >= 0.6 is 0 Å². The van der Waals surface area contributed by atoms with E-state index in [4.69, 9.17) is 0 Å². The van der Waals surface area contributed by atoms with Crippen molar-refractivity contribution in [2.24, 2.45) is 5.92 Å². The van der Waals surface area contributed by atoms with E-state index in [9.17, 15) is 5.11 Å². The number of rotatable bonds is 4. The molecule has 0 aliphatic heterocycles. The molecular formula is C16H26O. The molecule has 1 N–H and O–H groups in total. The van der Waals surface area contributed by atoms with Crippen LogP contribution in [0.15, 0.2) is 12.1 Å². The zero-order valence-corrected chi connectivity index (χ0v) is 12.1. The molecule has 0 bridgehead atoms. The van der Waals surface area contributed by atoms with Gasteiger partial charge in [-0.25, -0.2) is 0 Å². The molecule has 0 saturated heterocycles. The van der Waals surface area contributed by atoms with Crippen molar-refractivity contribution in [1.29, 1.82) is 0 Å². The summed E-state index contributed by atoms with van der Waals surface area (Å²) in [5, 5.41) is 10.5. The molecule has 1 atom stereocenters. The fourth-order valence-electron chi connectivity index (χ4n) is 2.82. The van der Waals surface area contributed by atoms with Gasteiger partial charge in [0.05, 0.1) is 5.60 Å². The lowest BCUT2D eigenvalue weighted by Crippen LogP contribution is -2.29. The fourth-order valence-corrected chi connectivity index (χ4v) is 2.82. The highest BCUT2D eigenvalue weighted by atomic mass is 16.3. The van der Waals surface area contributed by atoms with Crippen LogP contribution in [0.25, 0.3) is 0 Å². The molecule has 0 amide bonds. The van der Waals surface area contributed by atoms with E-state index < -0.39 is 5.60 Å². The largest absolute Gasteiger partial charge is 0.390 e. The third-order valence-corrected chi connectivity index (χ3v) is 3.25.